The van der Waals surface area contributed by atoms with Crippen molar-refractivity contribution in [2.45, 2.75) is 31.9 Å². The summed E-state index contributed by atoms with van der Waals surface area (Å²) in [7, 11) is 0. The third-order valence-electron chi connectivity index (χ3n) is 5.29. The first-order chi connectivity index (χ1) is 10.8. The van der Waals surface area contributed by atoms with Gasteiger partial charge in [-0.15, -0.1) is 0 Å². The molecule has 0 unspecified atom stereocenters. The van der Waals surface area contributed by atoms with Gasteiger partial charge in [0.15, 0.2) is 0 Å². The highest BCUT2D eigenvalue weighted by molar-refractivity contribution is 7.07. The van der Waals surface area contributed by atoms with Crippen molar-refractivity contribution in [3.8, 4) is 0 Å². The summed E-state index contributed by atoms with van der Waals surface area (Å²) < 4.78 is 5.99. The Hall–Kier alpha value is -0.910. The molecule has 3 atom stereocenters. The Morgan fingerprint density at radius 1 is 1.41 bits per heavy atom. The molecule has 4 rings (SSSR count). The maximum atomic E-state index is 11.8. The SMILES string of the molecule is O=C(NC[C@@H]1OC[C@H]2CN(Cc3ccsc3)CC[C@H]21)C1CC1. The van der Waals surface area contributed by atoms with Gasteiger partial charge in [-0.05, 0) is 54.1 Å². The van der Waals surface area contributed by atoms with Gasteiger partial charge in [-0.2, -0.15) is 11.3 Å². The van der Waals surface area contributed by atoms with Crippen LogP contribution in [0.5, 0.6) is 0 Å². The Balaban J connectivity index is 1.27. The standard InChI is InChI=1S/C17H24N2O2S/c20-17(13-1-2-13)18-7-16-15-3-5-19(9-14(15)10-21-16)8-12-4-6-22-11-12/h4,6,11,13-16H,1-3,5,7-10H2,(H,18,20)/t14-,15-,16+/m1/s1. The second-order valence-electron chi connectivity index (χ2n) is 6.97. The van der Waals surface area contributed by atoms with Gasteiger partial charge in [-0.25, -0.2) is 0 Å². The fourth-order valence-corrected chi connectivity index (χ4v) is 4.51. The lowest BCUT2D eigenvalue weighted by molar-refractivity contribution is -0.122. The molecule has 1 aliphatic carbocycles. The van der Waals surface area contributed by atoms with Gasteiger partial charge in [0.05, 0.1) is 12.7 Å². The third kappa shape index (κ3) is 3.21. The lowest BCUT2D eigenvalue weighted by Gasteiger charge is -2.35. The number of likely N-dealkylation sites (tertiary alicyclic amines) is 1. The number of rotatable bonds is 5. The Morgan fingerprint density at radius 2 is 2.32 bits per heavy atom. The molecule has 5 heteroatoms. The van der Waals surface area contributed by atoms with Crippen molar-refractivity contribution in [1.82, 2.24) is 10.2 Å². The van der Waals surface area contributed by atoms with Gasteiger partial charge in [0, 0.05) is 31.5 Å². The summed E-state index contributed by atoms with van der Waals surface area (Å²) in [5, 5.41) is 7.49. The smallest absolute Gasteiger partial charge is 0.223 e. The van der Waals surface area contributed by atoms with E-state index in [2.05, 4.69) is 27.0 Å². The van der Waals surface area contributed by atoms with Gasteiger partial charge < -0.3 is 10.1 Å². The zero-order valence-corrected chi connectivity index (χ0v) is 13.7. The highest BCUT2D eigenvalue weighted by Gasteiger charge is 2.41. The number of hydrogen-bond donors (Lipinski definition) is 1. The van der Waals surface area contributed by atoms with E-state index in [-0.39, 0.29) is 12.0 Å². The summed E-state index contributed by atoms with van der Waals surface area (Å²) in [4.78, 5) is 14.3. The molecule has 1 N–H and O–H groups in total. The molecular weight excluding hydrogens is 296 g/mol. The van der Waals surface area contributed by atoms with E-state index in [0.717, 1.165) is 39.1 Å². The molecule has 3 heterocycles. The Labute approximate surface area is 135 Å². The van der Waals surface area contributed by atoms with Crippen molar-refractivity contribution in [3.63, 3.8) is 0 Å². The summed E-state index contributed by atoms with van der Waals surface area (Å²) in [5.41, 5.74) is 1.43. The van der Waals surface area contributed by atoms with E-state index >= 15 is 0 Å². The fraction of sp³-hybridized carbons (Fsp3) is 0.706. The Bertz CT molecular complexity index is 515. The normalized spacial score (nSPS) is 31.9. The predicted molar refractivity (Wildman–Crippen MR) is 86.7 cm³/mol. The van der Waals surface area contributed by atoms with Gasteiger partial charge in [0.1, 0.15) is 0 Å². The van der Waals surface area contributed by atoms with Crippen LogP contribution in [0.1, 0.15) is 24.8 Å². The zero-order valence-electron chi connectivity index (χ0n) is 12.9. The first kappa shape index (κ1) is 14.7. The van der Waals surface area contributed by atoms with Crippen molar-refractivity contribution in [1.29, 1.82) is 0 Å². The van der Waals surface area contributed by atoms with Gasteiger partial charge in [-0.1, -0.05) is 0 Å². The molecule has 1 aromatic heterocycles. The summed E-state index contributed by atoms with van der Waals surface area (Å²) in [6, 6.07) is 2.22. The number of thiophene rings is 1. The summed E-state index contributed by atoms with van der Waals surface area (Å²) in [6.45, 7) is 4.91. The zero-order chi connectivity index (χ0) is 14.9. The maximum absolute atomic E-state index is 11.8. The number of piperidine rings is 1. The molecule has 0 bridgehead atoms. The minimum Gasteiger partial charge on any atom is -0.376 e. The maximum Gasteiger partial charge on any atom is 0.223 e. The number of nitrogens with one attached hydrogen (secondary N) is 1. The molecule has 0 spiro atoms. The second kappa shape index (κ2) is 6.30. The lowest BCUT2D eigenvalue weighted by Crippen LogP contribution is -2.43. The first-order valence-electron chi connectivity index (χ1n) is 8.42. The lowest BCUT2D eigenvalue weighted by atomic mass is 9.84. The van der Waals surface area contributed by atoms with Crippen molar-refractivity contribution < 1.29 is 9.53 Å². The van der Waals surface area contributed by atoms with Crippen LogP contribution < -0.4 is 5.32 Å². The van der Waals surface area contributed by atoms with E-state index < -0.39 is 0 Å². The van der Waals surface area contributed by atoms with Crippen molar-refractivity contribution in [3.05, 3.63) is 22.4 Å². The molecule has 0 aromatic carbocycles. The number of amides is 1. The van der Waals surface area contributed by atoms with E-state index in [9.17, 15) is 4.79 Å². The van der Waals surface area contributed by atoms with Crippen molar-refractivity contribution in [2.75, 3.05) is 26.2 Å². The molecule has 22 heavy (non-hydrogen) atoms. The van der Waals surface area contributed by atoms with Crippen molar-refractivity contribution in [2.24, 2.45) is 17.8 Å². The van der Waals surface area contributed by atoms with Gasteiger partial charge >= 0.3 is 0 Å². The van der Waals surface area contributed by atoms with Gasteiger partial charge in [0.25, 0.3) is 0 Å². The van der Waals surface area contributed by atoms with E-state index in [1.165, 1.54) is 12.0 Å². The third-order valence-corrected chi connectivity index (χ3v) is 6.02. The molecule has 2 aliphatic heterocycles. The van der Waals surface area contributed by atoms with Gasteiger partial charge in [-0.3, -0.25) is 9.69 Å². The fourth-order valence-electron chi connectivity index (χ4n) is 3.85. The van der Waals surface area contributed by atoms with Crippen LogP contribution in [0.25, 0.3) is 0 Å². The molecule has 1 aromatic rings. The Morgan fingerprint density at radius 3 is 3.09 bits per heavy atom. The number of carbonyl (C=O) groups excluding carboxylic acids is 1. The number of ether oxygens (including phenoxy) is 1. The molecule has 120 valence electrons. The highest BCUT2D eigenvalue weighted by Crippen LogP contribution is 2.35. The molecule has 3 fully saturated rings. The van der Waals surface area contributed by atoms with Gasteiger partial charge in [0.2, 0.25) is 5.91 Å². The summed E-state index contributed by atoms with van der Waals surface area (Å²) in [5.74, 6) is 1.79. The highest BCUT2D eigenvalue weighted by atomic mass is 32.1. The van der Waals surface area contributed by atoms with Crippen LogP contribution in [-0.2, 0) is 16.1 Å². The van der Waals surface area contributed by atoms with Crippen LogP contribution in [0.4, 0.5) is 0 Å². The average Bonchev–Trinajstić information content (AvgIpc) is 3.12. The average molecular weight is 320 g/mol. The van der Waals surface area contributed by atoms with Crippen LogP contribution >= 0.6 is 11.3 Å². The van der Waals surface area contributed by atoms with Crippen LogP contribution in [0.15, 0.2) is 16.8 Å². The number of fused-ring (bicyclic) bond motifs is 1. The van der Waals surface area contributed by atoms with E-state index in [0.29, 0.717) is 24.3 Å². The Kier molecular flexibility index (Phi) is 4.20. The topological polar surface area (TPSA) is 41.6 Å². The number of nitrogens with zero attached hydrogens (tertiary/aromatic N) is 1. The molecule has 3 aliphatic rings. The first-order valence-corrected chi connectivity index (χ1v) is 9.36. The molecule has 0 radical (unpaired) electrons. The number of hydrogen-bond acceptors (Lipinski definition) is 4. The van der Waals surface area contributed by atoms with Crippen LogP contribution in [-0.4, -0.2) is 43.2 Å². The van der Waals surface area contributed by atoms with Crippen LogP contribution in [0.2, 0.25) is 0 Å². The molecule has 1 saturated carbocycles. The quantitative estimate of drug-likeness (QED) is 0.903. The van der Waals surface area contributed by atoms with Crippen LogP contribution in [0.3, 0.4) is 0 Å². The van der Waals surface area contributed by atoms with E-state index in [4.69, 9.17) is 4.74 Å². The monoisotopic (exact) mass is 320 g/mol. The molecule has 4 nitrogen and oxygen atoms in total. The number of carbonyl (C=O) groups is 1. The largest absolute Gasteiger partial charge is 0.376 e. The summed E-state index contributed by atoms with van der Waals surface area (Å²) >= 11 is 1.77. The molecular formula is C17H24N2O2S. The molecule has 1 amide bonds. The van der Waals surface area contributed by atoms with Crippen LogP contribution in [0, 0.1) is 17.8 Å². The predicted octanol–water partition coefficient (Wildman–Crippen LogP) is 2.11. The van der Waals surface area contributed by atoms with Crippen molar-refractivity contribution >= 4 is 17.2 Å². The molecule has 2 saturated heterocycles. The minimum absolute atomic E-state index is 0.232. The second-order valence-corrected chi connectivity index (χ2v) is 7.75. The summed E-state index contributed by atoms with van der Waals surface area (Å²) in [6.07, 6.45) is 3.57. The van der Waals surface area contributed by atoms with E-state index in [1.54, 1.807) is 11.3 Å². The van der Waals surface area contributed by atoms with E-state index in [1.807, 2.05) is 0 Å². The minimum atomic E-state index is 0.232.